The molecule has 0 spiro atoms. The summed E-state index contributed by atoms with van der Waals surface area (Å²) in [6.07, 6.45) is 3.29. The molecule has 0 saturated heterocycles. The first-order valence-electron chi connectivity index (χ1n) is 7.58. The van der Waals surface area contributed by atoms with Gasteiger partial charge in [0.1, 0.15) is 0 Å². The van der Waals surface area contributed by atoms with Gasteiger partial charge in [0.05, 0.1) is 0 Å². The molecular formula is C15H34O3Si. The molecule has 0 amide bonds. The fraction of sp³-hybridized carbons (Fsp3) is 1.00. The zero-order valence-corrected chi connectivity index (χ0v) is 15.0. The van der Waals surface area contributed by atoms with E-state index in [1.54, 1.807) is 0 Å². The largest absolute Gasteiger partial charge is 0.417 e. The molecule has 0 aromatic heterocycles. The fourth-order valence-corrected chi connectivity index (χ4v) is 2.54. The Hall–Kier alpha value is 0.0969. The van der Waals surface area contributed by atoms with Crippen LogP contribution in [0.15, 0.2) is 0 Å². The smallest absolute Gasteiger partial charge is 0.191 e. The standard InChI is InChI=1S/C15H34O3Si/c1-8-16-14(2)17-12-10-9-11-13-18-19(6,7)15(3,4)5/h14H,8-13H2,1-7H3. The van der Waals surface area contributed by atoms with Gasteiger partial charge in [0, 0.05) is 19.8 Å². The lowest BCUT2D eigenvalue weighted by atomic mass is 10.2. The number of rotatable bonds is 10. The van der Waals surface area contributed by atoms with E-state index in [0.717, 1.165) is 32.5 Å². The summed E-state index contributed by atoms with van der Waals surface area (Å²) < 4.78 is 17.0. The van der Waals surface area contributed by atoms with Crippen LogP contribution in [0.5, 0.6) is 0 Å². The number of hydrogen-bond acceptors (Lipinski definition) is 3. The molecule has 0 aliphatic carbocycles. The predicted molar refractivity (Wildman–Crippen MR) is 84.0 cm³/mol. The quantitative estimate of drug-likeness (QED) is 0.335. The third-order valence-corrected chi connectivity index (χ3v) is 8.35. The van der Waals surface area contributed by atoms with Gasteiger partial charge in [0.15, 0.2) is 14.6 Å². The van der Waals surface area contributed by atoms with E-state index in [0.29, 0.717) is 11.6 Å². The summed E-state index contributed by atoms with van der Waals surface area (Å²) in [5, 5.41) is 0.309. The van der Waals surface area contributed by atoms with Crippen LogP contribution in [0.25, 0.3) is 0 Å². The maximum absolute atomic E-state index is 6.13. The average molecular weight is 291 g/mol. The summed E-state index contributed by atoms with van der Waals surface area (Å²) in [5.41, 5.74) is 0. The van der Waals surface area contributed by atoms with Gasteiger partial charge in [-0.1, -0.05) is 20.8 Å². The molecule has 0 aromatic rings. The van der Waals surface area contributed by atoms with Crippen LogP contribution >= 0.6 is 0 Å². The van der Waals surface area contributed by atoms with Gasteiger partial charge in [-0.05, 0) is 51.2 Å². The van der Waals surface area contributed by atoms with Crippen molar-refractivity contribution < 1.29 is 13.9 Å². The fourth-order valence-electron chi connectivity index (χ4n) is 1.46. The Balaban J connectivity index is 3.51. The van der Waals surface area contributed by atoms with Crippen molar-refractivity contribution in [3.63, 3.8) is 0 Å². The van der Waals surface area contributed by atoms with Crippen molar-refractivity contribution in [3.8, 4) is 0 Å². The molecule has 0 radical (unpaired) electrons. The summed E-state index contributed by atoms with van der Waals surface area (Å²) >= 11 is 0. The van der Waals surface area contributed by atoms with E-state index in [1.807, 2.05) is 13.8 Å². The van der Waals surface area contributed by atoms with Crippen molar-refractivity contribution in [2.45, 2.75) is 78.3 Å². The molecule has 0 bridgehead atoms. The van der Waals surface area contributed by atoms with Gasteiger partial charge >= 0.3 is 0 Å². The van der Waals surface area contributed by atoms with Gasteiger partial charge in [0.2, 0.25) is 0 Å². The molecule has 0 aliphatic heterocycles. The van der Waals surface area contributed by atoms with Crippen LogP contribution in [0.4, 0.5) is 0 Å². The minimum Gasteiger partial charge on any atom is -0.417 e. The molecule has 1 unspecified atom stereocenters. The van der Waals surface area contributed by atoms with Crippen LogP contribution in [0.1, 0.15) is 53.9 Å². The van der Waals surface area contributed by atoms with Gasteiger partial charge in [-0.3, -0.25) is 0 Å². The highest BCUT2D eigenvalue weighted by Gasteiger charge is 2.36. The number of ether oxygens (including phenoxy) is 2. The second kappa shape index (κ2) is 9.11. The zero-order chi connectivity index (χ0) is 14.9. The highest BCUT2D eigenvalue weighted by molar-refractivity contribution is 6.74. The van der Waals surface area contributed by atoms with Crippen molar-refractivity contribution in [2.24, 2.45) is 0 Å². The van der Waals surface area contributed by atoms with E-state index < -0.39 is 8.32 Å². The molecule has 3 nitrogen and oxygen atoms in total. The Morgan fingerprint density at radius 1 is 0.947 bits per heavy atom. The van der Waals surface area contributed by atoms with Crippen molar-refractivity contribution in [2.75, 3.05) is 19.8 Å². The number of hydrogen-bond donors (Lipinski definition) is 0. The van der Waals surface area contributed by atoms with Gasteiger partial charge in [-0.25, -0.2) is 0 Å². The Kier molecular flexibility index (Phi) is 9.16. The van der Waals surface area contributed by atoms with E-state index in [4.69, 9.17) is 13.9 Å². The third kappa shape index (κ3) is 8.79. The van der Waals surface area contributed by atoms with E-state index in [2.05, 4.69) is 33.9 Å². The molecule has 0 saturated carbocycles. The highest BCUT2D eigenvalue weighted by atomic mass is 28.4. The maximum atomic E-state index is 6.13. The molecule has 0 N–H and O–H groups in total. The lowest BCUT2D eigenvalue weighted by Gasteiger charge is -2.36. The topological polar surface area (TPSA) is 27.7 Å². The molecular weight excluding hydrogens is 256 g/mol. The second-order valence-corrected chi connectivity index (χ2v) is 11.4. The predicted octanol–water partition coefficient (Wildman–Crippen LogP) is 4.58. The Morgan fingerprint density at radius 3 is 2.05 bits per heavy atom. The van der Waals surface area contributed by atoms with Gasteiger partial charge in [-0.2, -0.15) is 0 Å². The van der Waals surface area contributed by atoms with Crippen LogP contribution < -0.4 is 0 Å². The van der Waals surface area contributed by atoms with E-state index >= 15 is 0 Å². The number of unbranched alkanes of at least 4 members (excludes halogenated alkanes) is 2. The lowest BCUT2D eigenvalue weighted by molar-refractivity contribution is -0.127. The normalized spacial score (nSPS) is 14.7. The molecule has 19 heavy (non-hydrogen) atoms. The SMILES string of the molecule is CCOC(C)OCCCCCO[Si](C)(C)C(C)(C)C. The minimum atomic E-state index is -1.55. The molecule has 116 valence electrons. The van der Waals surface area contributed by atoms with E-state index in [9.17, 15) is 0 Å². The maximum Gasteiger partial charge on any atom is 0.191 e. The van der Waals surface area contributed by atoms with Crippen molar-refractivity contribution in [1.82, 2.24) is 0 Å². The monoisotopic (exact) mass is 290 g/mol. The molecule has 0 rings (SSSR count). The zero-order valence-electron chi connectivity index (χ0n) is 14.0. The minimum absolute atomic E-state index is 0.0755. The van der Waals surface area contributed by atoms with E-state index in [1.165, 1.54) is 0 Å². The summed E-state index contributed by atoms with van der Waals surface area (Å²) in [5.74, 6) is 0. The second-order valence-electron chi connectivity index (χ2n) is 6.56. The molecule has 1 atom stereocenters. The Labute approximate surface area is 121 Å². The molecule has 0 fully saturated rings. The van der Waals surface area contributed by atoms with Crippen molar-refractivity contribution in [1.29, 1.82) is 0 Å². The molecule has 0 aliphatic rings. The van der Waals surface area contributed by atoms with Gasteiger partial charge in [-0.15, -0.1) is 0 Å². The summed E-state index contributed by atoms with van der Waals surface area (Å²) in [7, 11) is -1.55. The lowest BCUT2D eigenvalue weighted by Crippen LogP contribution is -2.40. The van der Waals surface area contributed by atoms with Gasteiger partial charge < -0.3 is 13.9 Å². The third-order valence-electron chi connectivity index (χ3n) is 3.81. The first-order chi connectivity index (χ1) is 8.70. The van der Waals surface area contributed by atoms with Crippen LogP contribution in [-0.2, 0) is 13.9 Å². The highest BCUT2D eigenvalue weighted by Crippen LogP contribution is 2.36. The Morgan fingerprint density at radius 2 is 1.53 bits per heavy atom. The summed E-state index contributed by atoms with van der Waals surface area (Å²) in [6.45, 7) is 17.8. The molecule has 0 aromatic carbocycles. The molecule has 0 heterocycles. The van der Waals surface area contributed by atoms with Crippen LogP contribution in [-0.4, -0.2) is 34.4 Å². The average Bonchev–Trinajstić information content (AvgIpc) is 2.26. The summed E-state index contributed by atoms with van der Waals surface area (Å²) in [4.78, 5) is 0. The van der Waals surface area contributed by atoms with Crippen LogP contribution in [0.2, 0.25) is 18.1 Å². The van der Waals surface area contributed by atoms with Crippen LogP contribution in [0.3, 0.4) is 0 Å². The van der Waals surface area contributed by atoms with Crippen molar-refractivity contribution >= 4 is 8.32 Å². The van der Waals surface area contributed by atoms with E-state index in [-0.39, 0.29) is 6.29 Å². The summed E-state index contributed by atoms with van der Waals surface area (Å²) in [6, 6.07) is 0. The first-order valence-corrected chi connectivity index (χ1v) is 10.5. The van der Waals surface area contributed by atoms with Crippen LogP contribution in [0, 0.1) is 0 Å². The molecule has 4 heteroatoms. The van der Waals surface area contributed by atoms with Crippen molar-refractivity contribution in [3.05, 3.63) is 0 Å². The first kappa shape index (κ1) is 19.1. The Bertz CT molecular complexity index is 224. The van der Waals surface area contributed by atoms with Gasteiger partial charge in [0.25, 0.3) is 0 Å².